The van der Waals surface area contributed by atoms with Crippen LogP contribution < -0.4 is 5.32 Å². The molecule has 1 aromatic rings. The topological polar surface area (TPSA) is 29.9 Å². The molecule has 1 N–H and O–H groups in total. The van der Waals surface area contributed by atoms with Gasteiger partial charge in [0.05, 0.1) is 5.69 Å². The third-order valence-corrected chi connectivity index (χ3v) is 1.81. The number of nitrogens with zero attached hydrogens (tertiary/aromatic N) is 2. The second-order valence-electron chi connectivity index (χ2n) is 2.86. The average molecular weight is 207 g/mol. The molecular weight excluding hydrogens is 195 g/mol. The van der Waals surface area contributed by atoms with E-state index < -0.39 is 11.9 Å². The smallest absolute Gasteiger partial charge is 0.314 e. The fourth-order valence-corrected chi connectivity index (χ4v) is 1.19. The Kier molecular flexibility index (Phi) is 3.15. The van der Waals surface area contributed by atoms with Gasteiger partial charge in [0.25, 0.3) is 0 Å². The lowest BCUT2D eigenvalue weighted by Crippen LogP contribution is -2.11. The number of rotatable bonds is 3. The molecule has 1 heterocycles. The lowest BCUT2D eigenvalue weighted by Gasteiger charge is -2.02. The molecule has 0 spiro atoms. The van der Waals surface area contributed by atoms with Crippen LogP contribution in [-0.4, -0.2) is 16.8 Å². The van der Waals surface area contributed by atoms with Crippen LogP contribution >= 0.6 is 0 Å². The van der Waals surface area contributed by atoms with Crippen LogP contribution in [0.15, 0.2) is 6.07 Å². The van der Waals surface area contributed by atoms with Gasteiger partial charge in [-0.05, 0) is 20.0 Å². The largest absolute Gasteiger partial charge is 0.435 e. The van der Waals surface area contributed by atoms with Gasteiger partial charge in [-0.2, -0.15) is 18.3 Å². The Morgan fingerprint density at radius 2 is 2.14 bits per heavy atom. The van der Waals surface area contributed by atoms with Crippen LogP contribution in [0.3, 0.4) is 0 Å². The molecule has 80 valence electrons. The summed E-state index contributed by atoms with van der Waals surface area (Å²) in [6.07, 6.45) is -4.36. The molecule has 1 rings (SSSR count). The summed E-state index contributed by atoms with van der Waals surface area (Å²) in [5.41, 5.74) is -0.285. The minimum absolute atomic E-state index is 0.386. The molecule has 0 aliphatic rings. The minimum Gasteiger partial charge on any atom is -0.314 e. The molecule has 0 bridgehead atoms. The van der Waals surface area contributed by atoms with Crippen molar-refractivity contribution in [3.8, 4) is 0 Å². The summed E-state index contributed by atoms with van der Waals surface area (Å²) in [5.74, 6) is 0. The van der Waals surface area contributed by atoms with Gasteiger partial charge in [0, 0.05) is 13.1 Å². The van der Waals surface area contributed by atoms with Crippen molar-refractivity contribution >= 4 is 0 Å². The maximum atomic E-state index is 12.3. The molecule has 0 aromatic carbocycles. The Labute approximate surface area is 79.9 Å². The highest BCUT2D eigenvalue weighted by atomic mass is 19.4. The molecule has 1 aromatic heterocycles. The number of halogens is 3. The quantitative estimate of drug-likeness (QED) is 0.816. The first-order valence-corrected chi connectivity index (χ1v) is 4.27. The Morgan fingerprint density at radius 1 is 1.50 bits per heavy atom. The zero-order chi connectivity index (χ0) is 10.8. The van der Waals surface area contributed by atoms with Gasteiger partial charge in [-0.1, -0.05) is 0 Å². The Hall–Kier alpha value is -1.04. The van der Waals surface area contributed by atoms with Gasteiger partial charge in [0.2, 0.25) is 0 Å². The molecule has 0 aliphatic heterocycles. The highest BCUT2D eigenvalue weighted by molar-refractivity contribution is 5.13. The van der Waals surface area contributed by atoms with Crippen molar-refractivity contribution in [2.24, 2.45) is 0 Å². The molecular formula is C8H12F3N3. The first kappa shape index (κ1) is 11.0. The average Bonchev–Trinajstić information content (AvgIpc) is 2.47. The summed E-state index contributed by atoms with van der Waals surface area (Å²) < 4.78 is 38.1. The van der Waals surface area contributed by atoms with Crippen LogP contribution in [0.4, 0.5) is 13.2 Å². The standard InChI is InChI=1S/C8H12F3N3/c1-3-14-6(5-12-2)4-7(13-14)8(9,10)11/h4,12H,3,5H2,1-2H3. The van der Waals surface area contributed by atoms with E-state index in [4.69, 9.17) is 0 Å². The summed E-state index contributed by atoms with van der Waals surface area (Å²) in [6, 6.07) is 1.07. The van der Waals surface area contributed by atoms with E-state index in [2.05, 4.69) is 10.4 Å². The Balaban J connectivity index is 3.00. The maximum absolute atomic E-state index is 12.3. The summed E-state index contributed by atoms with van der Waals surface area (Å²) in [4.78, 5) is 0. The third kappa shape index (κ3) is 2.25. The van der Waals surface area contributed by atoms with E-state index >= 15 is 0 Å². The molecule has 14 heavy (non-hydrogen) atoms. The molecule has 0 atom stereocenters. The van der Waals surface area contributed by atoms with Crippen LogP contribution in [0.25, 0.3) is 0 Å². The minimum atomic E-state index is -4.36. The van der Waals surface area contributed by atoms with Crippen molar-refractivity contribution in [3.05, 3.63) is 17.5 Å². The van der Waals surface area contributed by atoms with E-state index in [-0.39, 0.29) is 0 Å². The van der Waals surface area contributed by atoms with Crippen LogP contribution in [0, 0.1) is 0 Å². The molecule has 0 saturated heterocycles. The van der Waals surface area contributed by atoms with Gasteiger partial charge in [-0.3, -0.25) is 4.68 Å². The first-order valence-electron chi connectivity index (χ1n) is 4.27. The first-order chi connectivity index (χ1) is 6.49. The third-order valence-electron chi connectivity index (χ3n) is 1.81. The van der Waals surface area contributed by atoms with Gasteiger partial charge in [0.1, 0.15) is 0 Å². The predicted molar refractivity (Wildman–Crippen MR) is 45.7 cm³/mol. The molecule has 0 radical (unpaired) electrons. The zero-order valence-electron chi connectivity index (χ0n) is 8.02. The summed E-state index contributed by atoms with van der Waals surface area (Å²) in [5, 5.41) is 6.27. The van der Waals surface area contributed by atoms with Gasteiger partial charge in [0.15, 0.2) is 5.69 Å². The molecule has 0 saturated carbocycles. The lowest BCUT2D eigenvalue weighted by molar-refractivity contribution is -0.141. The predicted octanol–water partition coefficient (Wildman–Crippen LogP) is 1.64. The number of aryl methyl sites for hydroxylation is 1. The van der Waals surface area contributed by atoms with E-state index in [1.54, 1.807) is 14.0 Å². The number of hydrogen-bond acceptors (Lipinski definition) is 2. The molecule has 6 heteroatoms. The van der Waals surface area contributed by atoms with Gasteiger partial charge in [-0.25, -0.2) is 0 Å². The number of alkyl halides is 3. The lowest BCUT2D eigenvalue weighted by atomic mass is 10.3. The van der Waals surface area contributed by atoms with E-state index in [1.165, 1.54) is 4.68 Å². The van der Waals surface area contributed by atoms with Gasteiger partial charge >= 0.3 is 6.18 Å². The van der Waals surface area contributed by atoms with Crippen molar-refractivity contribution < 1.29 is 13.2 Å². The van der Waals surface area contributed by atoms with E-state index in [1.807, 2.05) is 0 Å². The molecule has 0 aliphatic carbocycles. The van der Waals surface area contributed by atoms with Crippen molar-refractivity contribution in [1.29, 1.82) is 0 Å². The fourth-order valence-electron chi connectivity index (χ4n) is 1.19. The number of hydrogen-bond donors (Lipinski definition) is 1. The monoisotopic (exact) mass is 207 g/mol. The molecule has 0 fully saturated rings. The van der Waals surface area contributed by atoms with E-state index in [0.717, 1.165) is 6.07 Å². The van der Waals surface area contributed by atoms with Crippen LogP contribution in [0.5, 0.6) is 0 Å². The molecule has 0 unspecified atom stereocenters. The summed E-state index contributed by atoms with van der Waals surface area (Å²) >= 11 is 0. The van der Waals surface area contributed by atoms with Gasteiger partial charge in [-0.15, -0.1) is 0 Å². The second kappa shape index (κ2) is 4.00. The molecule has 0 amide bonds. The Bertz CT molecular complexity index is 303. The number of aromatic nitrogens is 2. The summed E-state index contributed by atoms with van der Waals surface area (Å²) in [7, 11) is 1.68. The summed E-state index contributed by atoms with van der Waals surface area (Å²) in [6.45, 7) is 2.58. The van der Waals surface area contributed by atoms with Crippen molar-refractivity contribution in [2.45, 2.75) is 26.2 Å². The van der Waals surface area contributed by atoms with E-state index in [0.29, 0.717) is 18.8 Å². The van der Waals surface area contributed by atoms with Crippen molar-refractivity contribution in [2.75, 3.05) is 7.05 Å². The maximum Gasteiger partial charge on any atom is 0.435 e. The van der Waals surface area contributed by atoms with Gasteiger partial charge < -0.3 is 5.32 Å². The normalized spacial score (nSPS) is 12.1. The highest BCUT2D eigenvalue weighted by Gasteiger charge is 2.34. The zero-order valence-corrected chi connectivity index (χ0v) is 8.02. The second-order valence-corrected chi connectivity index (χ2v) is 2.86. The van der Waals surface area contributed by atoms with Crippen LogP contribution in [0.1, 0.15) is 18.3 Å². The fraction of sp³-hybridized carbons (Fsp3) is 0.625. The highest BCUT2D eigenvalue weighted by Crippen LogP contribution is 2.28. The van der Waals surface area contributed by atoms with E-state index in [9.17, 15) is 13.2 Å². The Morgan fingerprint density at radius 3 is 2.57 bits per heavy atom. The van der Waals surface area contributed by atoms with Crippen LogP contribution in [-0.2, 0) is 19.3 Å². The molecule has 3 nitrogen and oxygen atoms in total. The number of nitrogens with one attached hydrogen (secondary N) is 1. The SMILES string of the molecule is CCn1nc(C(F)(F)F)cc1CNC. The van der Waals surface area contributed by atoms with Crippen LogP contribution in [0.2, 0.25) is 0 Å². The van der Waals surface area contributed by atoms with Crippen molar-refractivity contribution in [1.82, 2.24) is 15.1 Å². The van der Waals surface area contributed by atoms with Crippen molar-refractivity contribution in [3.63, 3.8) is 0 Å².